The van der Waals surface area contributed by atoms with E-state index < -0.39 is 0 Å². The minimum absolute atomic E-state index is 0.521. The number of ether oxygens (including phenoxy) is 1. The summed E-state index contributed by atoms with van der Waals surface area (Å²) in [5, 5.41) is 8.53. The van der Waals surface area contributed by atoms with Gasteiger partial charge in [0.2, 0.25) is 0 Å². The first kappa shape index (κ1) is 14.8. The van der Waals surface area contributed by atoms with Crippen molar-refractivity contribution in [2.75, 3.05) is 27.3 Å². The highest BCUT2D eigenvalue weighted by Crippen LogP contribution is 2.40. The summed E-state index contributed by atoms with van der Waals surface area (Å²) in [6.45, 7) is 2.51. The minimum atomic E-state index is 0.521. The second kappa shape index (κ2) is 7.27. The van der Waals surface area contributed by atoms with Gasteiger partial charge in [-0.25, -0.2) is 0 Å². The number of aromatic nitrogens is 2. The van der Waals surface area contributed by atoms with Gasteiger partial charge in [-0.2, -0.15) is 5.10 Å². The molecule has 2 unspecified atom stereocenters. The molecule has 1 aliphatic rings. The summed E-state index contributed by atoms with van der Waals surface area (Å²) in [6.07, 6.45) is 6.88. The van der Waals surface area contributed by atoms with Gasteiger partial charge in [0, 0.05) is 13.0 Å². The number of nitrogens with one attached hydrogen (secondary N) is 1. The molecule has 1 aromatic rings. The first-order chi connectivity index (χ1) is 9.27. The molecule has 1 fully saturated rings. The topological polar surface area (TPSA) is 39.1 Å². The summed E-state index contributed by atoms with van der Waals surface area (Å²) in [5.41, 5.74) is 1.21. The quantitative estimate of drug-likeness (QED) is 0.873. The van der Waals surface area contributed by atoms with Crippen LogP contribution in [0.25, 0.3) is 0 Å². The number of nitrogens with zero attached hydrogens (tertiary/aromatic N) is 2. The van der Waals surface area contributed by atoms with Gasteiger partial charge < -0.3 is 10.1 Å². The van der Waals surface area contributed by atoms with Crippen molar-refractivity contribution < 1.29 is 4.74 Å². The van der Waals surface area contributed by atoms with E-state index in [9.17, 15) is 0 Å². The Balaban J connectivity index is 2.19. The average molecular weight is 286 g/mol. The Kier molecular flexibility index (Phi) is 5.67. The number of hydrogen-bond acceptors (Lipinski definition) is 3. The van der Waals surface area contributed by atoms with E-state index in [-0.39, 0.29) is 0 Å². The molecule has 0 amide bonds. The summed E-state index contributed by atoms with van der Waals surface area (Å²) in [6, 6.07) is 0. The third-order valence-corrected chi connectivity index (χ3v) is 4.36. The molecule has 1 aromatic heterocycles. The average Bonchev–Trinajstić information content (AvgIpc) is 2.79. The molecule has 0 aliphatic heterocycles. The normalized spacial score (nSPS) is 23.7. The Labute approximate surface area is 120 Å². The first-order valence-corrected chi connectivity index (χ1v) is 7.50. The zero-order valence-electron chi connectivity index (χ0n) is 11.9. The molecule has 4 nitrogen and oxygen atoms in total. The molecule has 0 radical (unpaired) electrons. The van der Waals surface area contributed by atoms with Gasteiger partial charge in [-0.1, -0.05) is 24.4 Å². The highest BCUT2D eigenvalue weighted by atomic mass is 35.5. The van der Waals surface area contributed by atoms with Gasteiger partial charge in [0.05, 0.1) is 30.1 Å². The van der Waals surface area contributed by atoms with Crippen LogP contribution in [-0.4, -0.2) is 37.1 Å². The summed E-state index contributed by atoms with van der Waals surface area (Å²) in [4.78, 5) is 0. The van der Waals surface area contributed by atoms with Crippen LogP contribution in [0.4, 0.5) is 0 Å². The smallest absolute Gasteiger partial charge is 0.0820 e. The molecule has 2 rings (SSSR count). The first-order valence-electron chi connectivity index (χ1n) is 7.12. The maximum absolute atomic E-state index is 6.38. The van der Waals surface area contributed by atoms with Gasteiger partial charge in [0.1, 0.15) is 0 Å². The van der Waals surface area contributed by atoms with Crippen molar-refractivity contribution in [1.29, 1.82) is 0 Å². The number of hydrogen-bond donors (Lipinski definition) is 1. The molecule has 0 saturated heterocycles. The second-order valence-corrected chi connectivity index (χ2v) is 5.71. The monoisotopic (exact) mass is 285 g/mol. The lowest BCUT2D eigenvalue weighted by atomic mass is 9.77. The van der Waals surface area contributed by atoms with E-state index in [1.165, 1.54) is 31.4 Å². The van der Waals surface area contributed by atoms with Gasteiger partial charge >= 0.3 is 0 Å². The maximum Gasteiger partial charge on any atom is 0.0820 e. The van der Waals surface area contributed by atoms with E-state index in [1.807, 2.05) is 11.7 Å². The van der Waals surface area contributed by atoms with E-state index in [0.717, 1.165) is 18.1 Å². The SMILES string of the molecule is CNCC1CCCCC1c1c(Cl)cnn1CCOC. The second-order valence-electron chi connectivity index (χ2n) is 5.30. The summed E-state index contributed by atoms with van der Waals surface area (Å²) >= 11 is 6.38. The Hall–Kier alpha value is -0.580. The fraction of sp³-hybridized carbons (Fsp3) is 0.786. The molecule has 1 aliphatic carbocycles. The lowest BCUT2D eigenvalue weighted by Gasteiger charge is -2.32. The lowest BCUT2D eigenvalue weighted by Crippen LogP contribution is -2.29. The van der Waals surface area contributed by atoms with Crippen LogP contribution in [0.2, 0.25) is 5.02 Å². The van der Waals surface area contributed by atoms with Gasteiger partial charge in [-0.15, -0.1) is 0 Å². The Morgan fingerprint density at radius 2 is 2.26 bits per heavy atom. The molecule has 108 valence electrons. The van der Waals surface area contributed by atoms with Crippen LogP contribution >= 0.6 is 11.6 Å². The van der Waals surface area contributed by atoms with Crippen molar-refractivity contribution in [2.45, 2.75) is 38.1 Å². The van der Waals surface area contributed by atoms with E-state index in [1.54, 1.807) is 13.3 Å². The predicted octanol–water partition coefficient (Wildman–Crippen LogP) is 2.68. The van der Waals surface area contributed by atoms with Crippen molar-refractivity contribution in [3.63, 3.8) is 0 Å². The van der Waals surface area contributed by atoms with Crippen LogP contribution < -0.4 is 5.32 Å². The molecule has 5 heteroatoms. The summed E-state index contributed by atoms with van der Waals surface area (Å²) in [7, 11) is 3.74. The standard InChI is InChI=1S/C14H24ClN3O/c1-16-9-11-5-3-4-6-12(11)14-13(15)10-17-18(14)7-8-19-2/h10-12,16H,3-9H2,1-2H3. The molecule has 1 saturated carbocycles. The zero-order valence-corrected chi connectivity index (χ0v) is 12.6. The summed E-state index contributed by atoms with van der Waals surface area (Å²) in [5.74, 6) is 1.18. The zero-order chi connectivity index (χ0) is 13.7. The van der Waals surface area contributed by atoms with E-state index >= 15 is 0 Å². The largest absolute Gasteiger partial charge is 0.383 e. The molecule has 0 bridgehead atoms. The molecule has 0 spiro atoms. The molecule has 19 heavy (non-hydrogen) atoms. The van der Waals surface area contributed by atoms with Gasteiger partial charge in [-0.3, -0.25) is 4.68 Å². The van der Waals surface area contributed by atoms with Gasteiger partial charge in [0.15, 0.2) is 0 Å². The number of rotatable bonds is 6. The molecule has 0 aromatic carbocycles. The summed E-state index contributed by atoms with van der Waals surface area (Å²) < 4.78 is 7.19. The van der Waals surface area contributed by atoms with Crippen LogP contribution in [0.5, 0.6) is 0 Å². The molecular formula is C14H24ClN3O. The number of halogens is 1. The fourth-order valence-corrected chi connectivity index (χ4v) is 3.45. The Bertz CT molecular complexity index is 392. The van der Waals surface area contributed by atoms with Crippen LogP contribution in [0.3, 0.4) is 0 Å². The minimum Gasteiger partial charge on any atom is -0.383 e. The number of methoxy groups -OCH3 is 1. The Morgan fingerprint density at radius 1 is 1.47 bits per heavy atom. The van der Waals surface area contributed by atoms with Crippen molar-refractivity contribution in [1.82, 2.24) is 15.1 Å². The lowest BCUT2D eigenvalue weighted by molar-refractivity contribution is 0.180. The van der Waals surface area contributed by atoms with Crippen LogP contribution in [-0.2, 0) is 11.3 Å². The van der Waals surface area contributed by atoms with Crippen molar-refractivity contribution >= 4 is 11.6 Å². The molecule has 1 heterocycles. The van der Waals surface area contributed by atoms with Crippen LogP contribution in [0.1, 0.15) is 37.3 Å². The molecule has 1 N–H and O–H groups in total. The van der Waals surface area contributed by atoms with Crippen LogP contribution in [0, 0.1) is 5.92 Å². The third-order valence-electron chi connectivity index (χ3n) is 4.07. The van der Waals surface area contributed by atoms with Crippen molar-refractivity contribution in [3.8, 4) is 0 Å². The molecule has 2 atom stereocenters. The van der Waals surface area contributed by atoms with E-state index in [4.69, 9.17) is 16.3 Å². The Morgan fingerprint density at radius 3 is 3.00 bits per heavy atom. The fourth-order valence-electron chi connectivity index (χ4n) is 3.17. The van der Waals surface area contributed by atoms with Crippen LogP contribution in [0.15, 0.2) is 6.20 Å². The highest BCUT2D eigenvalue weighted by Gasteiger charge is 2.30. The van der Waals surface area contributed by atoms with E-state index in [0.29, 0.717) is 18.4 Å². The maximum atomic E-state index is 6.38. The predicted molar refractivity (Wildman–Crippen MR) is 77.7 cm³/mol. The van der Waals surface area contributed by atoms with Crippen molar-refractivity contribution in [2.24, 2.45) is 5.92 Å². The third kappa shape index (κ3) is 3.50. The van der Waals surface area contributed by atoms with E-state index in [2.05, 4.69) is 10.4 Å². The molecular weight excluding hydrogens is 262 g/mol. The van der Waals surface area contributed by atoms with Gasteiger partial charge in [0.25, 0.3) is 0 Å². The van der Waals surface area contributed by atoms with Gasteiger partial charge in [-0.05, 0) is 32.4 Å². The highest BCUT2D eigenvalue weighted by molar-refractivity contribution is 6.31. The van der Waals surface area contributed by atoms with Crippen molar-refractivity contribution in [3.05, 3.63) is 16.9 Å².